The molecule has 0 amide bonds. The molecule has 0 aromatic carbocycles. The summed E-state index contributed by atoms with van der Waals surface area (Å²) in [5, 5.41) is -0.780. The zero-order valence-electron chi connectivity index (χ0n) is 5.65. The van der Waals surface area contributed by atoms with Crippen LogP contribution in [-0.4, -0.2) is 18.4 Å². The molecule has 1 heterocycles. The van der Waals surface area contributed by atoms with Gasteiger partial charge in [-0.15, -0.1) is 0 Å². The molecule has 1 rings (SSSR count). The van der Waals surface area contributed by atoms with Crippen LogP contribution >= 0.6 is 0 Å². The van der Waals surface area contributed by atoms with Crippen LogP contribution in [0.2, 0.25) is 0 Å². The first kappa shape index (κ1) is 8.06. The lowest BCUT2D eigenvalue weighted by Crippen LogP contribution is -2.00. The lowest BCUT2D eigenvalue weighted by molar-refractivity contribution is 0.541. The Kier molecular flexibility index (Phi) is 1.86. The first-order valence-electron chi connectivity index (χ1n) is 2.74. The molecule has 60 valence electrons. The second kappa shape index (κ2) is 2.54. The Bertz CT molecular complexity index is 363. The van der Waals surface area contributed by atoms with E-state index in [2.05, 4.69) is 9.97 Å². The smallest absolute Gasteiger partial charge is 0.224 e. The molecule has 0 aliphatic heterocycles. The van der Waals surface area contributed by atoms with E-state index >= 15 is 0 Å². The molecule has 0 bridgehead atoms. The van der Waals surface area contributed by atoms with E-state index in [1.807, 2.05) is 0 Å². The molecule has 0 fully saturated rings. The van der Waals surface area contributed by atoms with Crippen molar-refractivity contribution >= 4 is 10.2 Å². The molecule has 0 aliphatic carbocycles. The molecule has 0 spiro atoms. The van der Waals surface area contributed by atoms with Gasteiger partial charge in [0.1, 0.15) is 0 Å². The van der Waals surface area contributed by atoms with Gasteiger partial charge in [0.2, 0.25) is 0 Å². The first-order valence-corrected chi connectivity index (χ1v) is 4.13. The van der Waals surface area contributed by atoms with Crippen LogP contribution in [0.15, 0.2) is 17.4 Å². The highest BCUT2D eigenvalue weighted by molar-refractivity contribution is 7.86. The van der Waals surface area contributed by atoms with Crippen LogP contribution < -0.4 is 0 Å². The maximum atomic E-state index is 12.1. The zero-order valence-corrected chi connectivity index (χ0v) is 6.47. The minimum atomic E-state index is -4.75. The summed E-state index contributed by atoms with van der Waals surface area (Å²) in [7, 11) is -4.75. The van der Waals surface area contributed by atoms with Crippen LogP contribution in [0.1, 0.15) is 5.69 Å². The SMILES string of the molecule is Cc1ccnc(S(=O)(=O)F)n1. The van der Waals surface area contributed by atoms with Gasteiger partial charge < -0.3 is 0 Å². The lowest BCUT2D eigenvalue weighted by Gasteiger charge is -1.92. The van der Waals surface area contributed by atoms with Crippen molar-refractivity contribution in [1.29, 1.82) is 0 Å². The fraction of sp³-hybridized carbons (Fsp3) is 0.200. The van der Waals surface area contributed by atoms with Gasteiger partial charge in [-0.1, -0.05) is 3.89 Å². The molecule has 4 nitrogen and oxygen atoms in total. The Morgan fingerprint density at radius 1 is 1.55 bits per heavy atom. The maximum absolute atomic E-state index is 12.1. The molecule has 11 heavy (non-hydrogen) atoms. The van der Waals surface area contributed by atoms with Crippen LogP contribution in [0.5, 0.6) is 0 Å². The summed E-state index contributed by atoms with van der Waals surface area (Å²) in [5.74, 6) is 0. The van der Waals surface area contributed by atoms with Gasteiger partial charge in [-0.3, -0.25) is 0 Å². The summed E-state index contributed by atoms with van der Waals surface area (Å²) >= 11 is 0. The van der Waals surface area contributed by atoms with E-state index in [-0.39, 0.29) is 0 Å². The van der Waals surface area contributed by atoms with Gasteiger partial charge in [-0.2, -0.15) is 8.42 Å². The molecule has 0 aliphatic rings. The number of hydrogen-bond donors (Lipinski definition) is 0. The van der Waals surface area contributed by atoms with Crippen molar-refractivity contribution in [3.8, 4) is 0 Å². The quantitative estimate of drug-likeness (QED) is 0.460. The summed E-state index contributed by atoms with van der Waals surface area (Å²) in [5.41, 5.74) is 0.413. The van der Waals surface area contributed by atoms with Gasteiger partial charge >= 0.3 is 10.2 Å². The van der Waals surface area contributed by atoms with Gasteiger partial charge in [0.05, 0.1) is 0 Å². The van der Waals surface area contributed by atoms with Gasteiger partial charge in [-0.05, 0) is 13.0 Å². The number of rotatable bonds is 1. The van der Waals surface area contributed by atoms with Gasteiger partial charge in [0.25, 0.3) is 5.16 Å². The molecule has 0 radical (unpaired) electrons. The van der Waals surface area contributed by atoms with E-state index in [4.69, 9.17) is 0 Å². The highest BCUT2D eigenvalue weighted by Crippen LogP contribution is 2.04. The predicted molar refractivity (Wildman–Crippen MR) is 35.1 cm³/mol. The van der Waals surface area contributed by atoms with E-state index in [9.17, 15) is 12.3 Å². The predicted octanol–water partition coefficient (Wildman–Crippen LogP) is 0.443. The van der Waals surface area contributed by atoms with Crippen LogP contribution in [0, 0.1) is 6.92 Å². The van der Waals surface area contributed by atoms with Crippen LogP contribution in [0.3, 0.4) is 0 Å². The monoisotopic (exact) mass is 176 g/mol. The van der Waals surface area contributed by atoms with Gasteiger partial charge in [-0.25, -0.2) is 9.97 Å². The summed E-state index contributed by atoms with van der Waals surface area (Å²) < 4.78 is 32.5. The van der Waals surface area contributed by atoms with Crippen LogP contribution in [0.25, 0.3) is 0 Å². The van der Waals surface area contributed by atoms with Crippen molar-refractivity contribution in [3.05, 3.63) is 18.0 Å². The van der Waals surface area contributed by atoms with E-state index in [0.717, 1.165) is 0 Å². The lowest BCUT2D eigenvalue weighted by atomic mass is 10.5. The molecule has 0 N–H and O–H groups in total. The average Bonchev–Trinajstić information content (AvgIpc) is 1.86. The standard InChI is InChI=1S/C5H5FN2O2S/c1-4-2-3-7-5(8-4)11(6,9)10/h2-3H,1H3. The van der Waals surface area contributed by atoms with Crippen molar-refractivity contribution in [2.45, 2.75) is 12.1 Å². The second-order valence-corrected chi connectivity index (χ2v) is 3.16. The van der Waals surface area contributed by atoms with Gasteiger partial charge in [0, 0.05) is 11.9 Å². The normalized spacial score (nSPS) is 11.5. The minimum Gasteiger partial charge on any atom is -0.224 e. The number of nitrogens with zero attached hydrogens (tertiary/aromatic N) is 2. The highest BCUT2D eigenvalue weighted by Gasteiger charge is 2.14. The Labute approximate surface area is 63.3 Å². The summed E-state index contributed by atoms with van der Waals surface area (Å²) in [4.78, 5) is 6.61. The number of aromatic nitrogens is 2. The molecule has 0 saturated carbocycles. The largest absolute Gasteiger partial charge is 0.368 e. The summed E-state index contributed by atoms with van der Waals surface area (Å²) in [6, 6.07) is 1.48. The molecule has 0 unspecified atom stereocenters. The zero-order chi connectivity index (χ0) is 8.48. The molecule has 1 aromatic rings. The third-order valence-corrected chi connectivity index (χ3v) is 1.62. The Morgan fingerprint density at radius 2 is 2.18 bits per heavy atom. The average molecular weight is 176 g/mol. The summed E-state index contributed by atoms with van der Waals surface area (Å²) in [6.07, 6.45) is 1.19. The number of aryl methyl sites for hydroxylation is 1. The fourth-order valence-electron chi connectivity index (χ4n) is 0.543. The van der Waals surface area contributed by atoms with Crippen molar-refractivity contribution in [2.24, 2.45) is 0 Å². The van der Waals surface area contributed by atoms with Crippen LogP contribution in [0.4, 0.5) is 3.89 Å². The van der Waals surface area contributed by atoms with Crippen molar-refractivity contribution in [2.75, 3.05) is 0 Å². The first-order chi connectivity index (χ1) is 5.00. The van der Waals surface area contributed by atoms with Crippen molar-refractivity contribution in [1.82, 2.24) is 9.97 Å². The molecule has 0 saturated heterocycles. The van der Waals surface area contributed by atoms with E-state index < -0.39 is 15.4 Å². The van der Waals surface area contributed by atoms with Gasteiger partial charge in [0.15, 0.2) is 0 Å². The fourth-order valence-corrected chi connectivity index (χ4v) is 0.983. The molecular weight excluding hydrogens is 171 g/mol. The highest BCUT2D eigenvalue weighted by atomic mass is 32.3. The Morgan fingerprint density at radius 3 is 2.55 bits per heavy atom. The molecule has 1 aromatic heterocycles. The van der Waals surface area contributed by atoms with E-state index in [1.165, 1.54) is 12.3 Å². The summed E-state index contributed by atoms with van der Waals surface area (Å²) in [6.45, 7) is 1.55. The third kappa shape index (κ3) is 1.94. The van der Waals surface area contributed by atoms with E-state index in [0.29, 0.717) is 5.69 Å². The molecular formula is C5H5FN2O2S. The Hall–Kier alpha value is -1.04. The van der Waals surface area contributed by atoms with Crippen LogP contribution in [-0.2, 0) is 10.2 Å². The Balaban J connectivity index is 3.28. The van der Waals surface area contributed by atoms with E-state index in [1.54, 1.807) is 6.92 Å². The second-order valence-electron chi connectivity index (χ2n) is 1.92. The minimum absolute atomic E-state index is 0.413. The third-order valence-electron chi connectivity index (χ3n) is 0.991. The number of hydrogen-bond acceptors (Lipinski definition) is 4. The molecule has 6 heteroatoms. The topological polar surface area (TPSA) is 59.9 Å². The maximum Gasteiger partial charge on any atom is 0.368 e. The van der Waals surface area contributed by atoms with Crippen molar-refractivity contribution < 1.29 is 12.3 Å². The number of halogens is 1. The van der Waals surface area contributed by atoms with Crippen molar-refractivity contribution in [3.63, 3.8) is 0 Å². The molecule has 0 atom stereocenters.